The highest BCUT2D eigenvalue weighted by molar-refractivity contribution is 6.01. The fourth-order valence-electron chi connectivity index (χ4n) is 5.16. The van der Waals surface area contributed by atoms with E-state index in [1.807, 2.05) is 5.32 Å². The van der Waals surface area contributed by atoms with Gasteiger partial charge in [-0.2, -0.15) is 22.0 Å². The summed E-state index contributed by atoms with van der Waals surface area (Å²) >= 11 is 0. The summed E-state index contributed by atoms with van der Waals surface area (Å²) in [6, 6.07) is 1.27. The summed E-state index contributed by atoms with van der Waals surface area (Å²) in [7, 11) is 0. The predicted octanol–water partition coefficient (Wildman–Crippen LogP) is 3.20. The summed E-state index contributed by atoms with van der Waals surface area (Å²) in [4.78, 5) is 67.9. The van der Waals surface area contributed by atoms with Gasteiger partial charge in [-0.1, -0.05) is 34.6 Å². The number of likely N-dealkylation sites (tertiary alicyclic amines) is 1. The van der Waals surface area contributed by atoms with Gasteiger partial charge in [-0.3, -0.25) is 24.0 Å². The molecule has 2 fully saturated rings. The lowest BCUT2D eigenvalue weighted by Crippen LogP contribution is -2.60. The van der Waals surface area contributed by atoms with E-state index in [0.717, 1.165) is 4.90 Å². The zero-order chi connectivity index (χ0) is 33.9. The molecule has 45 heavy (non-hydrogen) atoms. The second-order valence-corrected chi connectivity index (χ2v) is 12.6. The highest BCUT2D eigenvalue weighted by Gasteiger charge is 2.65. The number of ketones is 1. The first-order valence-electron chi connectivity index (χ1n) is 14.6. The Labute approximate surface area is 258 Å². The molecule has 10 nitrogen and oxygen atoms in total. The molecule has 0 radical (unpaired) electrons. The van der Waals surface area contributed by atoms with E-state index in [2.05, 4.69) is 5.32 Å². The van der Waals surface area contributed by atoms with Gasteiger partial charge >= 0.3 is 12.1 Å². The van der Waals surface area contributed by atoms with Crippen molar-refractivity contribution in [2.75, 3.05) is 32.8 Å². The number of ether oxygens (including phenoxy) is 1. The predicted molar refractivity (Wildman–Crippen MR) is 151 cm³/mol. The fraction of sp³-hybridized carbons (Fsp3) is 0.633. The summed E-state index contributed by atoms with van der Waals surface area (Å²) in [5, 5.41) is 4.70. The quantitative estimate of drug-likeness (QED) is 0.398. The standard InChI is InChI=1S/C30H39F5N4O6/c1-17(2)21(23(40)29(31,32)30(33,34)35)36-25(42)20-7-6-12-39(20)27(44)22(28(3,4)5)37-24(41)18-8-10-19(11-9-18)26(43)38-13-15-45-16-14-38/h8-11,17,20-22H,6-7,12-16H2,1-5H3,(H,36,42)(H,37,41)/t20-,21-,22-/m0/s1. The van der Waals surface area contributed by atoms with Crippen LogP contribution in [0.3, 0.4) is 0 Å². The number of halogens is 5. The van der Waals surface area contributed by atoms with Crippen molar-refractivity contribution in [2.24, 2.45) is 11.3 Å². The van der Waals surface area contributed by atoms with Crippen LogP contribution in [0.25, 0.3) is 0 Å². The summed E-state index contributed by atoms with van der Waals surface area (Å²) in [5.41, 5.74) is -0.350. The third-order valence-corrected chi connectivity index (χ3v) is 7.83. The molecule has 2 aliphatic rings. The maximum atomic E-state index is 13.9. The minimum atomic E-state index is -6.14. The van der Waals surface area contributed by atoms with Crippen molar-refractivity contribution in [3.8, 4) is 0 Å². The van der Waals surface area contributed by atoms with Gasteiger partial charge in [-0.25, -0.2) is 0 Å². The van der Waals surface area contributed by atoms with E-state index in [-0.39, 0.29) is 24.4 Å². The fourth-order valence-corrected chi connectivity index (χ4v) is 5.16. The lowest BCUT2D eigenvalue weighted by molar-refractivity contribution is -0.270. The molecule has 0 bridgehead atoms. The number of hydrogen-bond donors (Lipinski definition) is 2. The van der Waals surface area contributed by atoms with E-state index in [0.29, 0.717) is 38.3 Å². The van der Waals surface area contributed by atoms with Crippen molar-refractivity contribution in [3.63, 3.8) is 0 Å². The largest absolute Gasteiger partial charge is 0.461 e. The van der Waals surface area contributed by atoms with Crippen molar-refractivity contribution in [3.05, 3.63) is 35.4 Å². The number of benzene rings is 1. The number of alkyl halides is 5. The Morgan fingerprint density at radius 2 is 1.42 bits per heavy atom. The van der Waals surface area contributed by atoms with E-state index < -0.39 is 65.1 Å². The minimum absolute atomic E-state index is 0.0523. The van der Waals surface area contributed by atoms with Gasteiger partial charge in [-0.15, -0.1) is 0 Å². The van der Waals surface area contributed by atoms with Crippen LogP contribution < -0.4 is 10.6 Å². The summed E-state index contributed by atoms with van der Waals surface area (Å²) in [6.45, 7) is 9.26. The Hall–Kier alpha value is -3.62. The third kappa shape index (κ3) is 8.16. The number of carbonyl (C=O) groups excluding carboxylic acids is 5. The number of amides is 4. The van der Waals surface area contributed by atoms with E-state index >= 15 is 0 Å². The van der Waals surface area contributed by atoms with Crippen LogP contribution in [-0.2, 0) is 19.1 Å². The molecule has 0 unspecified atom stereocenters. The number of rotatable bonds is 9. The molecular weight excluding hydrogens is 607 g/mol. The van der Waals surface area contributed by atoms with Gasteiger partial charge in [0, 0.05) is 30.8 Å². The molecule has 1 aromatic carbocycles. The molecule has 2 heterocycles. The lowest BCUT2D eigenvalue weighted by Gasteiger charge is -2.36. The van der Waals surface area contributed by atoms with E-state index in [1.165, 1.54) is 38.1 Å². The number of nitrogens with zero attached hydrogens (tertiary/aromatic N) is 2. The van der Waals surface area contributed by atoms with Crippen molar-refractivity contribution < 1.29 is 50.7 Å². The van der Waals surface area contributed by atoms with Gasteiger partial charge in [-0.05, 0) is 48.4 Å². The molecule has 2 aliphatic heterocycles. The SMILES string of the molecule is CC(C)[C@H](NC(=O)[C@@H]1CCCN1C(=O)[C@H](NC(=O)c1ccc(C(=O)N2CCOCC2)cc1)C(C)(C)C)C(=O)C(F)(F)C(F)(F)F. The van der Waals surface area contributed by atoms with Crippen LogP contribution in [0.2, 0.25) is 0 Å². The average molecular weight is 647 g/mol. The highest BCUT2D eigenvalue weighted by Crippen LogP contribution is 2.38. The van der Waals surface area contributed by atoms with E-state index in [1.54, 1.807) is 25.7 Å². The van der Waals surface area contributed by atoms with Crippen LogP contribution in [0.4, 0.5) is 22.0 Å². The Kier molecular flexibility index (Phi) is 11.0. The third-order valence-electron chi connectivity index (χ3n) is 7.83. The molecule has 2 saturated heterocycles. The van der Waals surface area contributed by atoms with Crippen LogP contribution in [0.15, 0.2) is 24.3 Å². The van der Waals surface area contributed by atoms with E-state index in [4.69, 9.17) is 4.74 Å². The maximum absolute atomic E-state index is 13.9. The van der Waals surface area contributed by atoms with Crippen molar-refractivity contribution in [2.45, 2.75) is 77.7 Å². The Balaban J connectivity index is 1.75. The Bertz CT molecular complexity index is 1270. The molecule has 15 heteroatoms. The lowest BCUT2D eigenvalue weighted by atomic mass is 9.85. The molecule has 2 N–H and O–H groups in total. The van der Waals surface area contributed by atoms with Crippen LogP contribution in [0, 0.1) is 11.3 Å². The smallest absolute Gasteiger partial charge is 0.378 e. The molecule has 0 spiro atoms. The zero-order valence-corrected chi connectivity index (χ0v) is 25.8. The Morgan fingerprint density at radius 1 is 0.867 bits per heavy atom. The van der Waals surface area contributed by atoms with Gasteiger partial charge in [0.15, 0.2) is 0 Å². The number of morpholine rings is 1. The zero-order valence-electron chi connectivity index (χ0n) is 25.8. The second kappa shape index (κ2) is 13.8. The summed E-state index contributed by atoms with van der Waals surface area (Å²) in [6.07, 6.45) is -5.77. The molecule has 3 atom stereocenters. The van der Waals surface area contributed by atoms with Gasteiger partial charge in [0.2, 0.25) is 17.6 Å². The first-order chi connectivity index (χ1) is 20.8. The molecular formula is C30H39F5N4O6. The van der Waals surface area contributed by atoms with Crippen molar-refractivity contribution in [1.82, 2.24) is 20.4 Å². The van der Waals surface area contributed by atoms with Crippen LogP contribution in [0.5, 0.6) is 0 Å². The highest BCUT2D eigenvalue weighted by atomic mass is 19.4. The van der Waals surface area contributed by atoms with Crippen molar-refractivity contribution >= 4 is 29.4 Å². The molecule has 0 saturated carbocycles. The minimum Gasteiger partial charge on any atom is -0.378 e. The summed E-state index contributed by atoms with van der Waals surface area (Å²) in [5.74, 6) is -11.9. The van der Waals surface area contributed by atoms with Crippen LogP contribution in [0.1, 0.15) is 68.2 Å². The number of nitrogens with one attached hydrogen (secondary N) is 2. The normalized spacial score (nSPS) is 19.2. The molecule has 1 aromatic rings. The number of carbonyl (C=O) groups is 5. The van der Waals surface area contributed by atoms with E-state index in [9.17, 15) is 45.9 Å². The second-order valence-electron chi connectivity index (χ2n) is 12.6. The van der Waals surface area contributed by atoms with Crippen LogP contribution >= 0.6 is 0 Å². The van der Waals surface area contributed by atoms with Crippen molar-refractivity contribution in [1.29, 1.82) is 0 Å². The van der Waals surface area contributed by atoms with Gasteiger partial charge < -0.3 is 25.2 Å². The maximum Gasteiger partial charge on any atom is 0.461 e. The first-order valence-corrected chi connectivity index (χ1v) is 14.6. The average Bonchev–Trinajstić information content (AvgIpc) is 3.47. The molecule has 0 aromatic heterocycles. The summed E-state index contributed by atoms with van der Waals surface area (Å²) < 4.78 is 71.6. The topological polar surface area (TPSA) is 125 Å². The van der Waals surface area contributed by atoms with Gasteiger partial charge in [0.1, 0.15) is 12.1 Å². The Morgan fingerprint density at radius 3 is 1.93 bits per heavy atom. The van der Waals surface area contributed by atoms with Gasteiger partial charge in [0.25, 0.3) is 11.8 Å². The molecule has 0 aliphatic carbocycles. The monoisotopic (exact) mass is 646 g/mol. The van der Waals surface area contributed by atoms with Crippen LogP contribution in [-0.4, -0.2) is 102 Å². The molecule has 4 amide bonds. The number of hydrogen-bond acceptors (Lipinski definition) is 6. The first kappa shape index (κ1) is 35.9. The van der Waals surface area contributed by atoms with Gasteiger partial charge in [0.05, 0.1) is 19.3 Å². The molecule has 250 valence electrons. The number of Topliss-reactive ketones (excluding diaryl/α,β-unsaturated/α-hetero) is 1. The molecule has 3 rings (SSSR count).